The topological polar surface area (TPSA) is 74.1 Å². The van der Waals surface area contributed by atoms with Crippen LogP contribution in [-0.2, 0) is 20.7 Å². The summed E-state index contributed by atoms with van der Waals surface area (Å²) in [5.74, 6) is 0. The Balaban J connectivity index is 2.25. The van der Waals surface area contributed by atoms with Gasteiger partial charge < -0.3 is 0 Å². The van der Waals surface area contributed by atoms with Crippen LogP contribution >= 0.6 is 15.9 Å². The molecule has 0 saturated heterocycles. The zero-order valence-corrected chi connectivity index (χ0v) is 13.8. The van der Waals surface area contributed by atoms with Crippen molar-refractivity contribution in [1.82, 2.24) is 14.8 Å². The van der Waals surface area contributed by atoms with E-state index in [1.165, 1.54) is 12.4 Å². The molecular weight excluding hydrogens is 384 g/mol. The minimum Gasteiger partial charge on any atom is -0.260 e. The molecule has 0 saturated carbocycles. The summed E-state index contributed by atoms with van der Waals surface area (Å²) in [4.78, 5) is 4.09. The normalized spacial score (nSPS) is 13.5. The maximum Gasteiger partial charge on any atom is 0.333 e. The van der Waals surface area contributed by atoms with Gasteiger partial charge in [0.15, 0.2) is 0 Å². The smallest absolute Gasteiger partial charge is 0.260 e. The lowest BCUT2D eigenvalue weighted by molar-refractivity contribution is 0.0564. The average Bonchev–Trinajstić information content (AvgIpc) is 2.86. The highest BCUT2D eigenvalue weighted by Gasteiger charge is 2.21. The van der Waals surface area contributed by atoms with Gasteiger partial charge >= 0.3 is 6.55 Å². The van der Waals surface area contributed by atoms with Crippen LogP contribution in [0, 0.1) is 0 Å². The molecule has 0 aliphatic carbocycles. The second-order valence-electron chi connectivity index (χ2n) is 4.50. The van der Waals surface area contributed by atoms with Gasteiger partial charge in [0.2, 0.25) is 0 Å². The van der Waals surface area contributed by atoms with E-state index >= 15 is 0 Å². The van der Waals surface area contributed by atoms with Gasteiger partial charge in [0.05, 0.1) is 18.1 Å². The van der Waals surface area contributed by atoms with E-state index in [9.17, 15) is 17.2 Å². The summed E-state index contributed by atoms with van der Waals surface area (Å²) >= 11 is 3.22. The first-order valence-electron chi connectivity index (χ1n) is 6.05. The van der Waals surface area contributed by atoms with Gasteiger partial charge in [0.1, 0.15) is 6.10 Å². The van der Waals surface area contributed by atoms with E-state index in [1.807, 2.05) is 0 Å². The van der Waals surface area contributed by atoms with Crippen molar-refractivity contribution >= 4 is 26.0 Å². The molecule has 0 N–H and O–H groups in total. The molecule has 6 nitrogen and oxygen atoms in total. The first-order valence-corrected chi connectivity index (χ1v) is 8.66. The number of halogens is 3. The second-order valence-corrected chi connectivity index (χ2v) is 7.02. The number of nitrogens with zero attached hydrogens (tertiary/aromatic N) is 3. The highest BCUT2D eigenvalue weighted by molar-refractivity contribution is 9.10. The van der Waals surface area contributed by atoms with E-state index < -0.39 is 22.8 Å². The fraction of sp³-hybridized carbons (Fsp3) is 0.333. The quantitative estimate of drug-likeness (QED) is 0.702. The SMILES string of the molecule is CS(=O)(=O)OC(Cc1cnn(C(F)F)c1)c1ccc(Br)cn1. The molecule has 0 spiro atoms. The Kier molecular flexibility index (Phi) is 5.24. The Morgan fingerprint density at radius 2 is 2.09 bits per heavy atom. The first kappa shape index (κ1) is 17.0. The average molecular weight is 396 g/mol. The molecule has 0 aliphatic heterocycles. The van der Waals surface area contributed by atoms with E-state index in [1.54, 1.807) is 12.1 Å². The molecular formula is C12H12BrF2N3O3S. The molecule has 0 radical (unpaired) electrons. The fourth-order valence-electron chi connectivity index (χ4n) is 1.78. The predicted octanol–water partition coefficient (Wildman–Crippen LogP) is 2.70. The van der Waals surface area contributed by atoms with E-state index in [0.717, 1.165) is 16.9 Å². The molecule has 0 aliphatic rings. The zero-order valence-electron chi connectivity index (χ0n) is 11.4. The third kappa shape index (κ3) is 4.82. The Hall–Kier alpha value is -1.39. The summed E-state index contributed by atoms with van der Waals surface area (Å²) in [6, 6.07) is 3.28. The predicted molar refractivity (Wildman–Crippen MR) is 77.8 cm³/mol. The van der Waals surface area contributed by atoms with Crippen LogP contribution < -0.4 is 0 Å². The number of hydrogen-bond donors (Lipinski definition) is 0. The summed E-state index contributed by atoms with van der Waals surface area (Å²) in [7, 11) is -3.74. The first-order chi connectivity index (χ1) is 10.2. The third-order valence-electron chi connectivity index (χ3n) is 2.65. The van der Waals surface area contributed by atoms with Crippen molar-refractivity contribution < 1.29 is 21.4 Å². The van der Waals surface area contributed by atoms with Gasteiger partial charge in [-0.25, -0.2) is 4.68 Å². The molecule has 120 valence electrons. The molecule has 1 unspecified atom stereocenters. The maximum atomic E-state index is 12.5. The highest BCUT2D eigenvalue weighted by Crippen LogP contribution is 2.24. The van der Waals surface area contributed by atoms with Crippen molar-refractivity contribution in [3.63, 3.8) is 0 Å². The molecule has 2 aromatic heterocycles. The van der Waals surface area contributed by atoms with Crippen LogP contribution in [0.2, 0.25) is 0 Å². The largest absolute Gasteiger partial charge is 0.333 e. The van der Waals surface area contributed by atoms with Gasteiger partial charge in [-0.05, 0) is 33.6 Å². The number of hydrogen-bond acceptors (Lipinski definition) is 5. The molecule has 1 atom stereocenters. The summed E-state index contributed by atoms with van der Waals surface area (Å²) in [6.45, 7) is -2.76. The fourth-order valence-corrected chi connectivity index (χ4v) is 2.60. The second kappa shape index (κ2) is 6.80. The molecule has 22 heavy (non-hydrogen) atoms. The lowest BCUT2D eigenvalue weighted by Gasteiger charge is -2.15. The third-order valence-corrected chi connectivity index (χ3v) is 3.70. The summed E-state index contributed by atoms with van der Waals surface area (Å²) in [6.07, 6.45) is 3.93. The van der Waals surface area contributed by atoms with Crippen LogP contribution in [0.1, 0.15) is 23.9 Å². The Labute approximate surface area is 134 Å². The van der Waals surface area contributed by atoms with Crippen molar-refractivity contribution in [2.24, 2.45) is 0 Å². The van der Waals surface area contributed by atoms with Crippen LogP contribution in [-0.4, -0.2) is 29.4 Å². The summed E-state index contributed by atoms with van der Waals surface area (Å²) < 4.78 is 54.0. The van der Waals surface area contributed by atoms with E-state index in [-0.39, 0.29) is 6.42 Å². The minimum atomic E-state index is -3.74. The highest BCUT2D eigenvalue weighted by atomic mass is 79.9. The number of pyridine rings is 1. The molecule has 2 aromatic rings. The molecule has 0 amide bonds. The Morgan fingerprint density at radius 3 is 2.59 bits per heavy atom. The number of aromatic nitrogens is 3. The van der Waals surface area contributed by atoms with Crippen molar-refractivity contribution in [3.05, 3.63) is 46.5 Å². The van der Waals surface area contributed by atoms with Gasteiger partial charge in [-0.15, -0.1) is 0 Å². The van der Waals surface area contributed by atoms with Crippen LogP contribution in [0.25, 0.3) is 0 Å². The number of alkyl halides is 2. The molecule has 2 heterocycles. The van der Waals surface area contributed by atoms with Gasteiger partial charge in [0, 0.05) is 23.3 Å². The molecule has 0 fully saturated rings. The van der Waals surface area contributed by atoms with Gasteiger partial charge in [-0.3, -0.25) is 9.17 Å². The van der Waals surface area contributed by atoms with E-state index in [4.69, 9.17) is 4.18 Å². The lowest BCUT2D eigenvalue weighted by Crippen LogP contribution is -2.14. The Bertz CT molecular complexity index is 734. The molecule has 10 heteroatoms. The van der Waals surface area contributed by atoms with Crippen molar-refractivity contribution in [2.75, 3.05) is 6.26 Å². The lowest BCUT2D eigenvalue weighted by atomic mass is 10.1. The van der Waals surface area contributed by atoms with Crippen molar-refractivity contribution in [3.8, 4) is 0 Å². The van der Waals surface area contributed by atoms with E-state index in [2.05, 4.69) is 26.0 Å². The van der Waals surface area contributed by atoms with Crippen LogP contribution in [0.4, 0.5) is 8.78 Å². The minimum absolute atomic E-state index is 0.0500. The van der Waals surface area contributed by atoms with Gasteiger partial charge in [-0.2, -0.15) is 22.3 Å². The van der Waals surface area contributed by atoms with Crippen molar-refractivity contribution in [1.29, 1.82) is 0 Å². The number of rotatable bonds is 6. The summed E-state index contributed by atoms with van der Waals surface area (Å²) in [5.41, 5.74) is 0.789. The summed E-state index contributed by atoms with van der Waals surface area (Å²) in [5, 5.41) is 3.51. The van der Waals surface area contributed by atoms with E-state index in [0.29, 0.717) is 15.9 Å². The molecule has 0 bridgehead atoms. The standard InChI is InChI=1S/C12H12BrF2N3O3S/c1-22(19,20)21-11(10-3-2-9(13)6-16-10)4-8-5-17-18(7-8)12(14)15/h2-3,5-7,11-12H,4H2,1H3. The van der Waals surface area contributed by atoms with Crippen molar-refractivity contribution in [2.45, 2.75) is 19.1 Å². The van der Waals surface area contributed by atoms with Gasteiger partial charge in [-0.1, -0.05) is 0 Å². The van der Waals surface area contributed by atoms with Gasteiger partial charge in [0.25, 0.3) is 10.1 Å². The molecule has 2 rings (SSSR count). The van der Waals surface area contributed by atoms with Crippen LogP contribution in [0.5, 0.6) is 0 Å². The Morgan fingerprint density at radius 1 is 1.36 bits per heavy atom. The zero-order chi connectivity index (χ0) is 16.3. The maximum absolute atomic E-state index is 12.5. The monoisotopic (exact) mass is 395 g/mol. The van der Waals surface area contributed by atoms with Crippen LogP contribution in [0.15, 0.2) is 35.2 Å². The van der Waals surface area contributed by atoms with Crippen LogP contribution in [0.3, 0.4) is 0 Å². The molecule has 0 aromatic carbocycles.